The third-order valence-corrected chi connectivity index (χ3v) is 6.40. The number of nitrogens with one attached hydrogen (secondary N) is 1. The van der Waals surface area contributed by atoms with Crippen molar-refractivity contribution in [3.8, 4) is 22.5 Å². The van der Waals surface area contributed by atoms with Crippen LogP contribution in [0.3, 0.4) is 0 Å². The second-order valence-electron chi connectivity index (χ2n) is 8.70. The van der Waals surface area contributed by atoms with Crippen LogP contribution in [-0.4, -0.2) is 40.7 Å². The molecular formula is C27H26N6O3. The molecule has 0 saturated carbocycles. The van der Waals surface area contributed by atoms with E-state index in [1.54, 1.807) is 16.8 Å². The summed E-state index contributed by atoms with van der Waals surface area (Å²) in [6, 6.07) is 19.0. The van der Waals surface area contributed by atoms with Crippen molar-refractivity contribution in [3.05, 3.63) is 99.7 Å². The van der Waals surface area contributed by atoms with E-state index in [2.05, 4.69) is 27.5 Å². The van der Waals surface area contributed by atoms with Gasteiger partial charge in [-0.25, -0.2) is 9.31 Å². The molecular weight excluding hydrogens is 456 g/mol. The fourth-order valence-electron chi connectivity index (χ4n) is 4.64. The minimum atomic E-state index is -1.13. The summed E-state index contributed by atoms with van der Waals surface area (Å²) in [5.74, 6) is -0.606. The highest BCUT2D eigenvalue weighted by molar-refractivity contribution is 5.85. The summed E-state index contributed by atoms with van der Waals surface area (Å²) in [6.07, 6.45) is 5.91. The number of carbonyl (C=O) groups is 1. The zero-order chi connectivity index (χ0) is 25.1. The van der Waals surface area contributed by atoms with Gasteiger partial charge in [0.1, 0.15) is 0 Å². The number of aromatic nitrogens is 6. The number of aromatic amines is 1. The van der Waals surface area contributed by atoms with Gasteiger partial charge in [-0.2, -0.15) is 5.21 Å². The number of fused-ring (bicyclic) bond motifs is 1. The summed E-state index contributed by atoms with van der Waals surface area (Å²) in [5.41, 5.74) is 4.98. The van der Waals surface area contributed by atoms with Gasteiger partial charge >= 0.3 is 5.97 Å². The monoisotopic (exact) mass is 482 g/mol. The summed E-state index contributed by atoms with van der Waals surface area (Å²) in [7, 11) is 0. The Kier molecular flexibility index (Phi) is 6.44. The number of rotatable bonds is 9. The average molecular weight is 483 g/mol. The Bertz CT molecular complexity index is 1570. The molecule has 0 unspecified atom stereocenters. The largest absolute Gasteiger partial charge is 0.477 e. The first-order valence-corrected chi connectivity index (χ1v) is 12.0. The number of H-pyrrole nitrogens is 1. The molecule has 3 heterocycles. The molecule has 5 rings (SSSR count). The van der Waals surface area contributed by atoms with Crippen molar-refractivity contribution in [1.82, 2.24) is 29.7 Å². The maximum atomic E-state index is 13.4. The molecule has 9 heteroatoms. The van der Waals surface area contributed by atoms with E-state index in [4.69, 9.17) is 0 Å². The molecule has 5 aromatic rings. The van der Waals surface area contributed by atoms with Crippen molar-refractivity contribution >= 4 is 5.97 Å². The number of carboxylic acid groups (broad SMARTS) is 1. The molecule has 0 atom stereocenters. The molecule has 0 aliphatic carbocycles. The lowest BCUT2D eigenvalue weighted by Gasteiger charge is -2.09. The predicted octanol–water partition coefficient (Wildman–Crippen LogP) is 4.27. The van der Waals surface area contributed by atoms with Crippen LogP contribution in [0, 0.1) is 0 Å². The van der Waals surface area contributed by atoms with Crippen LogP contribution in [0.25, 0.3) is 22.5 Å². The molecule has 0 aliphatic heterocycles. The highest BCUT2D eigenvalue weighted by Gasteiger charge is 2.20. The van der Waals surface area contributed by atoms with E-state index in [-0.39, 0.29) is 11.3 Å². The van der Waals surface area contributed by atoms with Crippen LogP contribution >= 0.6 is 0 Å². The Hall–Kier alpha value is -4.53. The lowest BCUT2D eigenvalue weighted by Crippen LogP contribution is -2.20. The fraction of sp³-hybridized carbons (Fsp3) is 0.222. The van der Waals surface area contributed by atoms with E-state index in [1.165, 1.54) is 10.6 Å². The van der Waals surface area contributed by atoms with Gasteiger partial charge in [-0.05, 0) is 46.9 Å². The van der Waals surface area contributed by atoms with Gasteiger partial charge in [0.15, 0.2) is 5.69 Å². The maximum absolute atomic E-state index is 13.4. The Labute approximate surface area is 207 Å². The van der Waals surface area contributed by atoms with Crippen LogP contribution in [0.2, 0.25) is 0 Å². The smallest absolute Gasteiger partial charge is 0.354 e. The standard InChI is InChI=1S/C27H26N6O3/c1-2-3-4-10-23-22(26(34)33-24(27(35)36)11-7-16-32(23)33)17-18-12-14-19(15-13-18)20-8-5-6-9-21(20)25-28-30-31-29-25/h5-9,11-16H,2-4,10,17H2,1H3,(H,35,36)(H,28,29,30,31). The zero-order valence-corrected chi connectivity index (χ0v) is 19.9. The summed E-state index contributed by atoms with van der Waals surface area (Å²) in [5, 5.41) is 24.0. The number of unbranched alkanes of at least 4 members (excludes halogenated alkanes) is 2. The molecule has 0 saturated heterocycles. The van der Waals surface area contributed by atoms with Crippen LogP contribution in [-0.2, 0) is 12.8 Å². The van der Waals surface area contributed by atoms with E-state index < -0.39 is 5.97 Å². The predicted molar refractivity (Wildman–Crippen MR) is 135 cm³/mol. The molecule has 0 bridgehead atoms. The van der Waals surface area contributed by atoms with Gasteiger partial charge in [-0.15, -0.1) is 10.2 Å². The second-order valence-corrected chi connectivity index (χ2v) is 8.70. The molecule has 2 aromatic carbocycles. The molecule has 182 valence electrons. The SMILES string of the molecule is CCCCCc1c(Cc2ccc(-c3ccccc3-c3nn[nH]n3)cc2)c(=O)n2c(C(=O)O)cccn12. The minimum Gasteiger partial charge on any atom is -0.477 e. The van der Waals surface area contributed by atoms with E-state index in [0.717, 1.165) is 47.2 Å². The van der Waals surface area contributed by atoms with Crippen LogP contribution in [0.1, 0.15) is 53.5 Å². The molecule has 2 N–H and O–H groups in total. The van der Waals surface area contributed by atoms with Gasteiger partial charge in [-0.1, -0.05) is 68.3 Å². The fourth-order valence-corrected chi connectivity index (χ4v) is 4.64. The van der Waals surface area contributed by atoms with Gasteiger partial charge in [0.2, 0.25) is 5.82 Å². The van der Waals surface area contributed by atoms with Gasteiger partial charge in [-0.3, -0.25) is 9.31 Å². The van der Waals surface area contributed by atoms with Crippen LogP contribution in [0.5, 0.6) is 0 Å². The van der Waals surface area contributed by atoms with Crippen LogP contribution in [0.4, 0.5) is 0 Å². The quantitative estimate of drug-likeness (QED) is 0.303. The molecule has 9 nitrogen and oxygen atoms in total. The lowest BCUT2D eigenvalue weighted by molar-refractivity contribution is 0.0685. The van der Waals surface area contributed by atoms with Crippen LogP contribution in [0.15, 0.2) is 71.7 Å². The van der Waals surface area contributed by atoms with E-state index in [1.807, 2.05) is 48.5 Å². The van der Waals surface area contributed by atoms with Gasteiger partial charge in [0, 0.05) is 29.4 Å². The Morgan fingerprint density at radius 1 is 1.00 bits per heavy atom. The number of nitrogens with zero attached hydrogens (tertiary/aromatic N) is 5. The summed E-state index contributed by atoms with van der Waals surface area (Å²) in [4.78, 5) is 25.2. The molecule has 0 amide bonds. The van der Waals surface area contributed by atoms with Crippen molar-refractivity contribution in [2.75, 3.05) is 0 Å². The van der Waals surface area contributed by atoms with Crippen LogP contribution < -0.4 is 5.56 Å². The normalized spacial score (nSPS) is 11.2. The third-order valence-electron chi connectivity index (χ3n) is 6.40. The number of tetrazole rings is 1. The molecule has 36 heavy (non-hydrogen) atoms. The Morgan fingerprint density at radius 3 is 2.47 bits per heavy atom. The van der Waals surface area contributed by atoms with Crippen molar-refractivity contribution in [2.24, 2.45) is 0 Å². The number of aryl methyl sites for hydroxylation is 1. The van der Waals surface area contributed by atoms with Gasteiger partial charge in [0.05, 0.1) is 0 Å². The van der Waals surface area contributed by atoms with Crippen molar-refractivity contribution in [1.29, 1.82) is 0 Å². The number of carboxylic acids is 1. The molecule has 0 aliphatic rings. The molecule has 0 spiro atoms. The summed E-state index contributed by atoms with van der Waals surface area (Å²) >= 11 is 0. The van der Waals surface area contributed by atoms with Crippen molar-refractivity contribution in [3.63, 3.8) is 0 Å². The molecule has 3 aromatic heterocycles. The first-order valence-electron chi connectivity index (χ1n) is 12.0. The highest BCUT2D eigenvalue weighted by atomic mass is 16.4. The van der Waals surface area contributed by atoms with Gasteiger partial charge < -0.3 is 5.11 Å². The van der Waals surface area contributed by atoms with Gasteiger partial charge in [0.25, 0.3) is 5.56 Å². The number of hydrogen-bond acceptors (Lipinski definition) is 5. The Morgan fingerprint density at radius 2 is 1.78 bits per heavy atom. The topological polar surface area (TPSA) is 118 Å². The van der Waals surface area contributed by atoms with E-state index >= 15 is 0 Å². The highest BCUT2D eigenvalue weighted by Crippen LogP contribution is 2.30. The van der Waals surface area contributed by atoms with E-state index in [0.29, 0.717) is 24.2 Å². The third kappa shape index (κ3) is 4.31. The zero-order valence-electron chi connectivity index (χ0n) is 19.9. The number of hydrogen-bond donors (Lipinski definition) is 2. The summed E-state index contributed by atoms with van der Waals surface area (Å²) in [6.45, 7) is 2.13. The summed E-state index contributed by atoms with van der Waals surface area (Å²) < 4.78 is 2.97. The van der Waals surface area contributed by atoms with Crippen molar-refractivity contribution in [2.45, 2.75) is 39.0 Å². The Balaban J connectivity index is 1.52. The maximum Gasteiger partial charge on any atom is 0.354 e. The number of aromatic carboxylic acids is 1. The average Bonchev–Trinajstić information content (AvgIpc) is 3.53. The van der Waals surface area contributed by atoms with Crippen molar-refractivity contribution < 1.29 is 9.90 Å². The molecule has 0 radical (unpaired) electrons. The number of benzene rings is 2. The molecule has 0 fully saturated rings. The first kappa shape index (κ1) is 23.2. The minimum absolute atomic E-state index is 0.0427. The lowest BCUT2D eigenvalue weighted by atomic mass is 9.96. The first-order chi connectivity index (χ1) is 17.6. The van der Waals surface area contributed by atoms with E-state index in [9.17, 15) is 14.7 Å². The second kappa shape index (κ2) is 9.99.